The Labute approximate surface area is 293 Å². The van der Waals surface area contributed by atoms with Gasteiger partial charge in [-0.3, -0.25) is 4.98 Å². The summed E-state index contributed by atoms with van der Waals surface area (Å²) < 4.78 is 11.3. The van der Waals surface area contributed by atoms with E-state index in [1.165, 1.54) is 11.1 Å². The average molecular weight is 631 g/mol. The van der Waals surface area contributed by atoms with Gasteiger partial charge in [-0.25, -0.2) is 4.98 Å². The number of rotatable bonds is 11. The number of carbonyl (C=O) groups is 1. The topological polar surface area (TPSA) is 84.4 Å². The van der Waals surface area contributed by atoms with Crippen molar-refractivity contribution in [1.82, 2.24) is 9.97 Å². The predicted octanol–water partition coefficient (Wildman–Crippen LogP) is 4.48. The Hall–Kier alpha value is -3.10. The number of methoxy groups -OCH3 is 1. The van der Waals surface area contributed by atoms with Crippen molar-refractivity contribution in [3.05, 3.63) is 113 Å². The SMILES string of the molecule is COc1ccc(-c2ccc(CC3C(CC(C)(C)C(=O)[O-])=C(SC(C)(C)C)c4cc(OCc5ccccn5)ccc43)cc2)cn1.[Na+]. The second-order valence-electron chi connectivity index (χ2n) is 12.8. The number of carboxylic acids is 1. The number of nitrogens with zero attached hydrogens (tertiary/aromatic N) is 2. The minimum absolute atomic E-state index is 0. The maximum Gasteiger partial charge on any atom is 1.00 e. The minimum Gasteiger partial charge on any atom is -0.550 e. The fourth-order valence-electron chi connectivity index (χ4n) is 5.44. The molecule has 0 spiro atoms. The molecule has 2 heterocycles. The number of aromatic nitrogens is 2. The van der Waals surface area contributed by atoms with Gasteiger partial charge in [-0.1, -0.05) is 71.0 Å². The molecule has 0 N–H and O–H groups in total. The third-order valence-corrected chi connectivity index (χ3v) is 9.03. The normalized spacial score (nSPS) is 14.5. The molecule has 0 fully saturated rings. The van der Waals surface area contributed by atoms with Gasteiger partial charge in [0.05, 0.1) is 12.8 Å². The molecule has 4 aromatic rings. The average Bonchev–Trinajstić information content (AvgIpc) is 3.26. The molecule has 45 heavy (non-hydrogen) atoms. The molecule has 0 amide bonds. The van der Waals surface area contributed by atoms with Crippen LogP contribution in [0.2, 0.25) is 0 Å². The van der Waals surface area contributed by atoms with E-state index in [1.54, 1.807) is 38.9 Å². The van der Waals surface area contributed by atoms with Crippen LogP contribution in [0.1, 0.15) is 69.3 Å². The molecule has 1 unspecified atom stereocenters. The van der Waals surface area contributed by atoms with Crippen LogP contribution in [-0.2, 0) is 17.8 Å². The Morgan fingerprint density at radius 3 is 2.27 bits per heavy atom. The molecule has 1 atom stereocenters. The summed E-state index contributed by atoms with van der Waals surface area (Å²) in [5.41, 5.74) is 6.53. The van der Waals surface area contributed by atoms with E-state index in [0.29, 0.717) is 18.9 Å². The summed E-state index contributed by atoms with van der Waals surface area (Å²) in [6, 6.07) is 24.4. The van der Waals surface area contributed by atoms with Gasteiger partial charge in [0.15, 0.2) is 0 Å². The van der Waals surface area contributed by atoms with Gasteiger partial charge in [0, 0.05) is 51.0 Å². The van der Waals surface area contributed by atoms with E-state index < -0.39 is 11.4 Å². The fourth-order valence-corrected chi connectivity index (χ4v) is 6.68. The number of ether oxygens (including phenoxy) is 2. The number of fused-ring (bicyclic) bond motifs is 1. The van der Waals surface area contributed by atoms with Crippen LogP contribution in [0.3, 0.4) is 0 Å². The number of hydrogen-bond acceptors (Lipinski definition) is 7. The van der Waals surface area contributed by atoms with E-state index in [2.05, 4.69) is 67.1 Å². The van der Waals surface area contributed by atoms with Crippen LogP contribution in [0.5, 0.6) is 11.6 Å². The van der Waals surface area contributed by atoms with Gasteiger partial charge in [0.2, 0.25) is 5.88 Å². The van der Waals surface area contributed by atoms with E-state index in [1.807, 2.05) is 42.6 Å². The van der Waals surface area contributed by atoms with Crippen molar-refractivity contribution in [2.75, 3.05) is 7.11 Å². The zero-order valence-corrected chi connectivity index (χ0v) is 30.0. The summed E-state index contributed by atoms with van der Waals surface area (Å²) >= 11 is 1.79. The van der Waals surface area contributed by atoms with Crippen molar-refractivity contribution in [2.45, 2.75) is 64.7 Å². The Morgan fingerprint density at radius 1 is 0.933 bits per heavy atom. The Balaban J connectivity index is 0.00000461. The van der Waals surface area contributed by atoms with E-state index >= 15 is 0 Å². The molecule has 8 heteroatoms. The number of pyridine rings is 2. The molecule has 2 aromatic heterocycles. The van der Waals surface area contributed by atoms with Gasteiger partial charge in [0.25, 0.3) is 0 Å². The summed E-state index contributed by atoms with van der Waals surface area (Å²) in [6.07, 6.45) is 4.72. The van der Waals surface area contributed by atoms with Crippen LogP contribution in [0.15, 0.2) is 90.8 Å². The zero-order chi connectivity index (χ0) is 31.5. The summed E-state index contributed by atoms with van der Waals surface area (Å²) in [5.74, 6) is 0.319. The first-order chi connectivity index (χ1) is 20.9. The van der Waals surface area contributed by atoms with Crippen LogP contribution in [0.4, 0.5) is 0 Å². The molecule has 1 aliphatic rings. The van der Waals surface area contributed by atoms with Crippen LogP contribution in [-0.4, -0.2) is 27.8 Å². The number of carboxylic acid groups (broad SMARTS) is 1. The maximum atomic E-state index is 12.2. The van der Waals surface area contributed by atoms with Crippen molar-refractivity contribution in [1.29, 1.82) is 0 Å². The molecule has 1 aliphatic carbocycles. The first-order valence-corrected chi connectivity index (χ1v) is 15.6. The number of allylic oxidation sites excluding steroid dienone is 1. The smallest absolute Gasteiger partial charge is 0.550 e. The summed E-state index contributed by atoms with van der Waals surface area (Å²) in [7, 11) is 1.61. The first-order valence-electron chi connectivity index (χ1n) is 14.8. The molecule has 0 saturated heterocycles. The van der Waals surface area contributed by atoms with Crippen molar-refractivity contribution in [3.8, 4) is 22.8 Å². The first kappa shape index (κ1) is 34.8. The summed E-state index contributed by atoms with van der Waals surface area (Å²) in [4.78, 5) is 22.1. The minimum atomic E-state index is -1.04. The molecule has 0 saturated carbocycles. The van der Waals surface area contributed by atoms with Crippen molar-refractivity contribution in [3.63, 3.8) is 0 Å². The number of aliphatic carboxylic acids is 1. The molecule has 228 valence electrons. The Morgan fingerprint density at radius 2 is 1.67 bits per heavy atom. The molecule has 5 rings (SSSR count). The van der Waals surface area contributed by atoms with Gasteiger partial charge in [-0.15, -0.1) is 11.8 Å². The Kier molecular flexibility index (Phi) is 11.2. The van der Waals surface area contributed by atoms with Gasteiger partial charge in [0.1, 0.15) is 12.4 Å². The molecular weight excluding hydrogens is 591 g/mol. The van der Waals surface area contributed by atoms with Gasteiger partial charge >= 0.3 is 29.6 Å². The van der Waals surface area contributed by atoms with Crippen molar-refractivity contribution in [2.24, 2.45) is 5.41 Å². The van der Waals surface area contributed by atoms with E-state index in [9.17, 15) is 9.90 Å². The van der Waals surface area contributed by atoms with Gasteiger partial charge < -0.3 is 19.4 Å². The Bertz CT molecular complexity index is 1650. The third-order valence-electron chi connectivity index (χ3n) is 7.74. The maximum absolute atomic E-state index is 12.2. The van der Waals surface area contributed by atoms with E-state index in [0.717, 1.165) is 45.0 Å². The van der Waals surface area contributed by atoms with Crippen LogP contribution in [0, 0.1) is 5.41 Å². The number of hydrogen-bond donors (Lipinski definition) is 0. The number of carbonyl (C=O) groups excluding carboxylic acids is 1. The van der Waals surface area contributed by atoms with Crippen molar-refractivity contribution >= 4 is 22.6 Å². The zero-order valence-electron chi connectivity index (χ0n) is 27.2. The molecule has 6 nitrogen and oxygen atoms in total. The monoisotopic (exact) mass is 630 g/mol. The van der Waals surface area contributed by atoms with Gasteiger partial charge in [-0.05, 0) is 71.0 Å². The molecule has 2 aromatic carbocycles. The fraction of sp³-hybridized carbons (Fsp3) is 0.324. The number of benzene rings is 2. The standard InChI is InChI=1S/C37H40N2O4S.Na/c1-36(2,3)44-34-31-20-28(43-23-27-9-7-8-18-38-27)15-16-29(31)30(32(34)21-37(4,5)35(40)41)19-24-10-12-25(13-11-24)26-14-17-33(42-6)39-22-26;/h7-18,20,22,30H,19,21,23H2,1-6H3,(H,40,41);/q;+1/p-1. The largest absolute Gasteiger partial charge is 1.00 e. The van der Waals surface area contributed by atoms with Gasteiger partial charge in [-0.2, -0.15) is 0 Å². The predicted molar refractivity (Wildman–Crippen MR) is 175 cm³/mol. The third kappa shape index (κ3) is 8.59. The van der Waals surface area contributed by atoms with Crippen molar-refractivity contribution < 1.29 is 48.9 Å². The second-order valence-corrected chi connectivity index (χ2v) is 14.7. The molecule has 0 radical (unpaired) electrons. The quantitative estimate of drug-likeness (QED) is 0.226. The molecule has 0 bridgehead atoms. The molecule has 0 aliphatic heterocycles. The van der Waals surface area contributed by atoms with E-state index in [4.69, 9.17) is 9.47 Å². The van der Waals surface area contributed by atoms with E-state index in [-0.39, 0.29) is 40.2 Å². The summed E-state index contributed by atoms with van der Waals surface area (Å²) in [6.45, 7) is 10.4. The number of thioether (sulfide) groups is 1. The second kappa shape index (κ2) is 14.5. The summed E-state index contributed by atoms with van der Waals surface area (Å²) in [5, 5.41) is 12.2. The van der Waals surface area contributed by atoms with Crippen LogP contribution >= 0.6 is 11.8 Å². The van der Waals surface area contributed by atoms with Crippen LogP contribution in [0.25, 0.3) is 16.0 Å². The van der Waals surface area contributed by atoms with Crippen LogP contribution < -0.4 is 44.1 Å². The molecular formula is C37H39N2NaO4S.